The molecule has 1 unspecified atom stereocenters. The average Bonchev–Trinajstić information content (AvgIpc) is 2.46. The van der Waals surface area contributed by atoms with Gasteiger partial charge in [-0.1, -0.05) is 23.7 Å². The number of nitrogens with zero attached hydrogens (tertiary/aromatic N) is 1. The molecule has 2 rings (SSSR count). The number of nitro benzene ring substituents is 1. The molecule has 1 atom stereocenters. The van der Waals surface area contributed by atoms with Crippen LogP contribution in [0.1, 0.15) is 24.2 Å². The monoisotopic (exact) mass is 360 g/mol. The molecule has 0 saturated heterocycles. The summed E-state index contributed by atoms with van der Waals surface area (Å²) in [5.74, 6) is 0. The van der Waals surface area contributed by atoms with Crippen molar-refractivity contribution >= 4 is 28.7 Å². The van der Waals surface area contributed by atoms with E-state index in [0.717, 1.165) is 6.07 Å². The second kappa shape index (κ2) is 6.66. The summed E-state index contributed by atoms with van der Waals surface area (Å²) in [5.41, 5.74) is -1.15. The van der Waals surface area contributed by atoms with Crippen LogP contribution in [0.15, 0.2) is 36.4 Å². The standard InChI is InChI=1S/C15H12ClF3N2O3/c1-8(22)9-2-4-10(5-3-9)20-13-7-12(16)11(15(17,18)19)6-14(13)21(23)24/h2-8,20,22H,1H3. The molecule has 128 valence electrons. The molecular weight excluding hydrogens is 349 g/mol. The average molecular weight is 361 g/mol. The van der Waals surface area contributed by atoms with Crippen molar-refractivity contribution in [2.24, 2.45) is 0 Å². The highest BCUT2D eigenvalue weighted by Crippen LogP contribution is 2.41. The summed E-state index contributed by atoms with van der Waals surface area (Å²) in [6, 6.07) is 7.52. The zero-order valence-corrected chi connectivity index (χ0v) is 13.0. The van der Waals surface area contributed by atoms with E-state index in [1.54, 1.807) is 19.1 Å². The van der Waals surface area contributed by atoms with E-state index in [1.807, 2.05) is 0 Å². The van der Waals surface area contributed by atoms with E-state index in [0.29, 0.717) is 17.3 Å². The summed E-state index contributed by atoms with van der Waals surface area (Å²) in [7, 11) is 0. The molecule has 0 aromatic heterocycles. The predicted molar refractivity (Wildman–Crippen MR) is 83.5 cm³/mol. The molecule has 9 heteroatoms. The number of hydrogen-bond donors (Lipinski definition) is 2. The number of aliphatic hydroxyl groups is 1. The van der Waals surface area contributed by atoms with Gasteiger partial charge >= 0.3 is 6.18 Å². The summed E-state index contributed by atoms with van der Waals surface area (Å²) < 4.78 is 38.5. The molecule has 5 nitrogen and oxygen atoms in total. The van der Waals surface area contributed by atoms with Crippen molar-refractivity contribution in [1.82, 2.24) is 0 Å². The van der Waals surface area contributed by atoms with Crippen molar-refractivity contribution in [3.8, 4) is 0 Å². The van der Waals surface area contributed by atoms with Crippen LogP contribution in [0.25, 0.3) is 0 Å². The van der Waals surface area contributed by atoms with Crippen molar-refractivity contribution in [1.29, 1.82) is 0 Å². The van der Waals surface area contributed by atoms with Crippen molar-refractivity contribution in [2.75, 3.05) is 5.32 Å². The fraction of sp³-hybridized carbons (Fsp3) is 0.200. The van der Waals surface area contributed by atoms with Gasteiger partial charge in [0, 0.05) is 11.8 Å². The van der Waals surface area contributed by atoms with Crippen molar-refractivity contribution in [3.05, 3.63) is 62.7 Å². The van der Waals surface area contributed by atoms with Crippen LogP contribution in [0.5, 0.6) is 0 Å². The van der Waals surface area contributed by atoms with Crippen LogP contribution in [0.4, 0.5) is 30.2 Å². The van der Waals surface area contributed by atoms with Crippen LogP contribution in [0.3, 0.4) is 0 Å². The lowest BCUT2D eigenvalue weighted by Gasteiger charge is -2.13. The molecular formula is C15H12ClF3N2O3. The smallest absolute Gasteiger partial charge is 0.389 e. The molecule has 24 heavy (non-hydrogen) atoms. The quantitative estimate of drug-likeness (QED) is 0.590. The molecule has 0 aliphatic heterocycles. The fourth-order valence-electron chi connectivity index (χ4n) is 2.03. The van der Waals surface area contributed by atoms with Crippen LogP contribution in [-0.4, -0.2) is 10.0 Å². The molecule has 2 N–H and O–H groups in total. The highest BCUT2D eigenvalue weighted by molar-refractivity contribution is 6.31. The second-order valence-electron chi connectivity index (χ2n) is 5.03. The van der Waals surface area contributed by atoms with E-state index < -0.39 is 33.5 Å². The molecule has 0 aliphatic rings. The van der Waals surface area contributed by atoms with Gasteiger partial charge in [0.05, 0.1) is 21.6 Å². The Morgan fingerprint density at radius 1 is 1.25 bits per heavy atom. The Kier molecular flexibility index (Phi) is 5.00. The molecule has 0 aliphatic carbocycles. The van der Waals surface area contributed by atoms with Crippen molar-refractivity contribution < 1.29 is 23.2 Å². The number of benzene rings is 2. The van der Waals surface area contributed by atoms with Gasteiger partial charge in [-0.05, 0) is 30.7 Å². The fourth-order valence-corrected chi connectivity index (χ4v) is 2.30. The summed E-state index contributed by atoms with van der Waals surface area (Å²) in [4.78, 5) is 10.1. The number of aliphatic hydroxyl groups excluding tert-OH is 1. The maximum Gasteiger partial charge on any atom is 0.418 e. The molecule has 0 fully saturated rings. The molecule has 0 amide bonds. The maximum atomic E-state index is 12.8. The first-order chi connectivity index (χ1) is 11.1. The van der Waals surface area contributed by atoms with Crippen LogP contribution in [0, 0.1) is 10.1 Å². The van der Waals surface area contributed by atoms with Gasteiger partial charge in [0.15, 0.2) is 0 Å². The molecule has 0 saturated carbocycles. The Morgan fingerprint density at radius 2 is 1.83 bits per heavy atom. The van der Waals surface area contributed by atoms with E-state index in [4.69, 9.17) is 11.6 Å². The van der Waals surface area contributed by atoms with Crippen LogP contribution in [-0.2, 0) is 6.18 Å². The van der Waals surface area contributed by atoms with Crippen LogP contribution < -0.4 is 5.32 Å². The van der Waals surface area contributed by atoms with Crippen LogP contribution >= 0.6 is 11.6 Å². The first-order valence-corrected chi connectivity index (χ1v) is 7.07. The number of anilines is 2. The van der Waals surface area contributed by atoms with Gasteiger partial charge in [-0.15, -0.1) is 0 Å². The number of halogens is 4. The molecule has 2 aromatic rings. The molecule has 0 heterocycles. The molecule has 0 radical (unpaired) electrons. The van der Waals surface area contributed by atoms with Gasteiger partial charge in [0.2, 0.25) is 0 Å². The van der Waals surface area contributed by atoms with Gasteiger partial charge < -0.3 is 10.4 Å². The number of hydrogen-bond acceptors (Lipinski definition) is 4. The Bertz CT molecular complexity index is 762. The zero-order valence-electron chi connectivity index (χ0n) is 12.3. The Balaban J connectivity index is 2.42. The lowest BCUT2D eigenvalue weighted by atomic mass is 10.1. The number of nitro groups is 1. The van der Waals surface area contributed by atoms with Crippen molar-refractivity contribution in [2.45, 2.75) is 19.2 Å². The first-order valence-electron chi connectivity index (χ1n) is 6.69. The lowest BCUT2D eigenvalue weighted by molar-refractivity contribution is -0.384. The van der Waals surface area contributed by atoms with E-state index >= 15 is 0 Å². The van der Waals surface area contributed by atoms with Gasteiger partial charge in [-0.25, -0.2) is 0 Å². The predicted octanol–water partition coefficient (Wildman–Crippen LogP) is 5.06. The largest absolute Gasteiger partial charge is 0.418 e. The normalized spacial score (nSPS) is 12.8. The summed E-state index contributed by atoms with van der Waals surface area (Å²) >= 11 is 5.61. The zero-order chi connectivity index (χ0) is 18.1. The van der Waals surface area contributed by atoms with Gasteiger partial charge in [0.25, 0.3) is 5.69 Å². The van der Waals surface area contributed by atoms with Gasteiger partial charge in [0.1, 0.15) is 5.69 Å². The van der Waals surface area contributed by atoms with E-state index in [1.165, 1.54) is 12.1 Å². The Labute approximate surface area is 139 Å². The van der Waals surface area contributed by atoms with Gasteiger partial charge in [-0.2, -0.15) is 13.2 Å². The molecule has 0 spiro atoms. The lowest BCUT2D eigenvalue weighted by Crippen LogP contribution is -2.08. The minimum Gasteiger partial charge on any atom is -0.389 e. The highest BCUT2D eigenvalue weighted by atomic mass is 35.5. The van der Waals surface area contributed by atoms with E-state index in [2.05, 4.69) is 5.32 Å². The number of alkyl halides is 3. The Morgan fingerprint density at radius 3 is 2.29 bits per heavy atom. The van der Waals surface area contributed by atoms with E-state index in [-0.39, 0.29) is 5.69 Å². The third-order valence-electron chi connectivity index (χ3n) is 3.26. The highest BCUT2D eigenvalue weighted by Gasteiger charge is 2.36. The minimum atomic E-state index is -4.79. The molecule has 0 bridgehead atoms. The van der Waals surface area contributed by atoms with E-state index in [9.17, 15) is 28.4 Å². The van der Waals surface area contributed by atoms with Crippen molar-refractivity contribution in [3.63, 3.8) is 0 Å². The Hall–Kier alpha value is -2.32. The third-order valence-corrected chi connectivity index (χ3v) is 3.57. The number of rotatable bonds is 4. The van der Waals surface area contributed by atoms with Gasteiger partial charge in [-0.3, -0.25) is 10.1 Å². The topological polar surface area (TPSA) is 75.4 Å². The summed E-state index contributed by atoms with van der Waals surface area (Å²) in [5, 5.41) is 22.5. The minimum absolute atomic E-state index is 0.164. The second-order valence-corrected chi connectivity index (χ2v) is 5.43. The van der Waals surface area contributed by atoms with Crippen LogP contribution in [0.2, 0.25) is 5.02 Å². The molecule has 2 aromatic carbocycles. The first kappa shape index (κ1) is 18.0. The summed E-state index contributed by atoms with van der Waals surface area (Å²) in [6.07, 6.45) is -5.48. The third kappa shape index (κ3) is 3.95. The summed E-state index contributed by atoms with van der Waals surface area (Å²) in [6.45, 7) is 1.57. The SMILES string of the molecule is CC(O)c1ccc(Nc2cc(Cl)c(C(F)(F)F)cc2[N+](=O)[O-])cc1. The maximum absolute atomic E-state index is 12.8. The number of nitrogens with one attached hydrogen (secondary N) is 1.